The van der Waals surface area contributed by atoms with E-state index >= 15 is 0 Å². The number of ether oxygens (including phenoxy) is 2. The Morgan fingerprint density at radius 1 is 0.976 bits per heavy atom. The molecule has 1 aliphatic rings. The number of hydrogen-bond donors (Lipinski definition) is 1. The molecule has 3 aromatic carbocycles. The van der Waals surface area contributed by atoms with Gasteiger partial charge in [0.15, 0.2) is 9.84 Å². The molecule has 1 amide bonds. The Bertz CT molecular complexity index is 1450. The fourth-order valence-electron chi connectivity index (χ4n) is 5.47. The molecule has 1 atom stereocenters. The van der Waals surface area contributed by atoms with E-state index in [-0.39, 0.29) is 22.0 Å². The number of anilines is 1. The Balaban J connectivity index is 1.46. The Morgan fingerprint density at radius 2 is 1.63 bits per heavy atom. The van der Waals surface area contributed by atoms with E-state index in [9.17, 15) is 17.6 Å². The van der Waals surface area contributed by atoms with Gasteiger partial charge >= 0.3 is 0 Å². The lowest BCUT2D eigenvalue weighted by atomic mass is 9.81. The van der Waals surface area contributed by atoms with Crippen molar-refractivity contribution < 1.29 is 32.4 Å². The standard InChI is InChI=1S/C32H39FN2O5S/c1-5-32(20-30(36)35(22-32)26-9-8-10-27(19-26)41(4,37)38)15-16-34-21-23-17-28(39-6-2)31(29(18-23)40-7-3)24-11-13-25(33)14-12-24/h8-14,17-19,34H,5-7,15-16,20-22H2,1-4H3/p+1. The third-order valence-electron chi connectivity index (χ3n) is 7.75. The van der Waals surface area contributed by atoms with Gasteiger partial charge in [0.05, 0.1) is 30.2 Å². The van der Waals surface area contributed by atoms with Crippen molar-refractivity contribution in [1.82, 2.24) is 0 Å². The zero-order valence-electron chi connectivity index (χ0n) is 24.3. The predicted octanol–water partition coefficient (Wildman–Crippen LogP) is 4.98. The molecule has 1 fully saturated rings. The van der Waals surface area contributed by atoms with Gasteiger partial charge in [-0.05, 0) is 68.3 Å². The lowest BCUT2D eigenvalue weighted by Gasteiger charge is -2.27. The summed E-state index contributed by atoms with van der Waals surface area (Å²) in [6, 6.07) is 17.0. The number of carbonyl (C=O) groups excluding carboxylic acids is 1. The number of amides is 1. The van der Waals surface area contributed by atoms with E-state index in [1.54, 1.807) is 41.3 Å². The van der Waals surface area contributed by atoms with Crippen molar-refractivity contribution in [3.05, 3.63) is 72.0 Å². The first kappa shape index (κ1) is 30.5. The summed E-state index contributed by atoms with van der Waals surface area (Å²) >= 11 is 0. The summed E-state index contributed by atoms with van der Waals surface area (Å²) in [6.07, 6.45) is 3.32. The van der Waals surface area contributed by atoms with Crippen LogP contribution in [0.25, 0.3) is 11.1 Å². The molecule has 0 spiro atoms. The highest BCUT2D eigenvalue weighted by Crippen LogP contribution is 2.41. The molecule has 0 radical (unpaired) electrons. The minimum absolute atomic E-state index is 0.0246. The number of nitrogens with two attached hydrogens (primary N) is 1. The number of halogens is 1. The van der Waals surface area contributed by atoms with Crippen LogP contribution in [0.5, 0.6) is 11.5 Å². The van der Waals surface area contributed by atoms with E-state index in [0.717, 1.165) is 36.1 Å². The van der Waals surface area contributed by atoms with Crippen LogP contribution in [-0.4, -0.2) is 46.9 Å². The number of hydrogen-bond acceptors (Lipinski definition) is 5. The van der Waals surface area contributed by atoms with Crippen LogP contribution >= 0.6 is 0 Å². The Labute approximate surface area is 242 Å². The minimum atomic E-state index is -3.36. The van der Waals surface area contributed by atoms with Gasteiger partial charge in [-0.25, -0.2) is 12.8 Å². The predicted molar refractivity (Wildman–Crippen MR) is 159 cm³/mol. The molecule has 1 saturated heterocycles. The second kappa shape index (κ2) is 13.0. The SMILES string of the molecule is CCOc1cc(C[NH2+]CCC2(CC)CC(=O)N(c3cccc(S(C)(=O)=O)c3)C2)cc(OCC)c1-c1ccc(F)cc1. The highest BCUT2D eigenvalue weighted by molar-refractivity contribution is 7.90. The molecule has 0 aliphatic carbocycles. The molecule has 7 nitrogen and oxygen atoms in total. The minimum Gasteiger partial charge on any atom is -0.493 e. The van der Waals surface area contributed by atoms with Crippen LogP contribution in [0, 0.1) is 11.2 Å². The molecule has 1 aliphatic heterocycles. The van der Waals surface area contributed by atoms with Crippen LogP contribution in [-0.2, 0) is 21.2 Å². The second-order valence-corrected chi connectivity index (χ2v) is 12.7. The zero-order valence-corrected chi connectivity index (χ0v) is 25.1. The van der Waals surface area contributed by atoms with Crippen molar-refractivity contribution in [2.45, 2.75) is 51.5 Å². The molecule has 4 rings (SSSR count). The lowest BCUT2D eigenvalue weighted by Crippen LogP contribution is -2.83. The summed E-state index contributed by atoms with van der Waals surface area (Å²) in [4.78, 5) is 15.0. The Hall–Kier alpha value is -3.43. The third-order valence-corrected chi connectivity index (χ3v) is 8.86. The first-order valence-corrected chi connectivity index (χ1v) is 16.1. The quantitative estimate of drug-likeness (QED) is 0.287. The van der Waals surface area contributed by atoms with Gasteiger partial charge in [-0.3, -0.25) is 4.79 Å². The average molecular weight is 584 g/mol. The fraction of sp³-hybridized carbons (Fsp3) is 0.406. The van der Waals surface area contributed by atoms with Crippen LogP contribution in [0.4, 0.5) is 10.1 Å². The highest BCUT2D eigenvalue weighted by Gasteiger charge is 2.42. The molecule has 9 heteroatoms. The van der Waals surface area contributed by atoms with Gasteiger partial charge in [0.2, 0.25) is 5.91 Å². The molecule has 1 heterocycles. The maximum absolute atomic E-state index is 13.6. The summed E-state index contributed by atoms with van der Waals surface area (Å²) in [5.41, 5.74) is 3.15. The van der Waals surface area contributed by atoms with Crippen LogP contribution in [0.3, 0.4) is 0 Å². The topological polar surface area (TPSA) is 89.5 Å². The maximum atomic E-state index is 13.6. The van der Waals surface area contributed by atoms with Gasteiger partial charge in [0.1, 0.15) is 23.9 Å². The number of quaternary nitrogens is 1. The van der Waals surface area contributed by atoms with Gasteiger partial charge < -0.3 is 19.7 Å². The average Bonchev–Trinajstić information content (AvgIpc) is 3.28. The summed E-state index contributed by atoms with van der Waals surface area (Å²) in [7, 11) is -3.36. The number of rotatable bonds is 13. The molecular formula is C32H40FN2O5S+. The van der Waals surface area contributed by atoms with E-state index in [4.69, 9.17) is 9.47 Å². The molecule has 0 aromatic heterocycles. The van der Waals surface area contributed by atoms with E-state index in [1.807, 2.05) is 26.0 Å². The molecular weight excluding hydrogens is 543 g/mol. The molecule has 0 bridgehead atoms. The fourth-order valence-corrected chi connectivity index (χ4v) is 6.13. The smallest absolute Gasteiger partial charge is 0.227 e. The van der Waals surface area contributed by atoms with Crippen molar-refractivity contribution >= 4 is 21.4 Å². The first-order chi connectivity index (χ1) is 19.6. The highest BCUT2D eigenvalue weighted by atomic mass is 32.2. The van der Waals surface area contributed by atoms with Crippen molar-refractivity contribution in [3.8, 4) is 22.6 Å². The number of nitrogens with zero attached hydrogens (tertiary/aromatic N) is 1. The molecule has 41 heavy (non-hydrogen) atoms. The van der Waals surface area contributed by atoms with E-state index < -0.39 is 9.84 Å². The van der Waals surface area contributed by atoms with Crippen molar-refractivity contribution in [1.29, 1.82) is 0 Å². The van der Waals surface area contributed by atoms with Crippen molar-refractivity contribution in [2.75, 3.05) is 37.5 Å². The van der Waals surface area contributed by atoms with Crippen LogP contribution in [0.15, 0.2) is 65.6 Å². The maximum Gasteiger partial charge on any atom is 0.227 e. The van der Waals surface area contributed by atoms with Gasteiger partial charge in [0, 0.05) is 42.3 Å². The lowest BCUT2D eigenvalue weighted by molar-refractivity contribution is -0.672. The Kier molecular flexibility index (Phi) is 9.71. The van der Waals surface area contributed by atoms with Crippen molar-refractivity contribution in [3.63, 3.8) is 0 Å². The van der Waals surface area contributed by atoms with E-state index in [1.165, 1.54) is 18.4 Å². The summed E-state index contributed by atoms with van der Waals surface area (Å²) in [5, 5.41) is 2.23. The molecule has 220 valence electrons. The summed E-state index contributed by atoms with van der Waals surface area (Å²) in [6.45, 7) is 9.05. The third kappa shape index (κ3) is 7.26. The van der Waals surface area contributed by atoms with Crippen molar-refractivity contribution in [2.24, 2.45) is 5.41 Å². The van der Waals surface area contributed by atoms with Gasteiger partial charge in [0.25, 0.3) is 0 Å². The van der Waals surface area contributed by atoms with Gasteiger partial charge in [-0.15, -0.1) is 0 Å². The van der Waals surface area contributed by atoms with Crippen LogP contribution in [0.1, 0.15) is 45.6 Å². The van der Waals surface area contributed by atoms with Crippen LogP contribution in [0.2, 0.25) is 0 Å². The number of sulfone groups is 1. The normalized spacial score (nSPS) is 17.2. The summed E-state index contributed by atoms with van der Waals surface area (Å²) < 4.78 is 49.6. The summed E-state index contributed by atoms with van der Waals surface area (Å²) in [5.74, 6) is 1.13. The molecule has 3 aromatic rings. The molecule has 2 N–H and O–H groups in total. The Morgan fingerprint density at radius 3 is 2.22 bits per heavy atom. The number of carbonyl (C=O) groups is 1. The van der Waals surface area contributed by atoms with E-state index in [2.05, 4.69) is 12.2 Å². The van der Waals surface area contributed by atoms with Gasteiger partial charge in [-0.1, -0.05) is 25.1 Å². The molecule has 1 unspecified atom stereocenters. The number of benzene rings is 3. The van der Waals surface area contributed by atoms with Gasteiger partial charge in [-0.2, -0.15) is 0 Å². The zero-order chi connectivity index (χ0) is 29.6. The monoisotopic (exact) mass is 583 g/mol. The second-order valence-electron chi connectivity index (χ2n) is 10.7. The van der Waals surface area contributed by atoms with Crippen LogP contribution < -0.4 is 19.7 Å². The van der Waals surface area contributed by atoms with E-state index in [0.29, 0.717) is 49.9 Å². The molecule has 0 saturated carbocycles. The first-order valence-electron chi connectivity index (χ1n) is 14.2. The largest absolute Gasteiger partial charge is 0.493 e.